The third-order valence-corrected chi connectivity index (χ3v) is 9.23. The Balaban J connectivity index is 0.00000675. The zero-order chi connectivity index (χ0) is 31.0. The average molecular weight is 672 g/mol. The van der Waals surface area contributed by atoms with Gasteiger partial charge in [-0.3, -0.25) is 0 Å². The number of benzene rings is 2. The summed E-state index contributed by atoms with van der Waals surface area (Å²) in [5, 5.41) is 0. The van der Waals surface area contributed by atoms with Gasteiger partial charge in [0.15, 0.2) is 0 Å². The van der Waals surface area contributed by atoms with Crippen molar-refractivity contribution in [1.29, 1.82) is 0 Å². The molecule has 0 aliphatic carbocycles. The Labute approximate surface area is 296 Å². The Bertz CT molecular complexity index is 1180. The van der Waals surface area contributed by atoms with Gasteiger partial charge < -0.3 is 20.4 Å². The maximum Gasteiger partial charge on any atom is 2.00 e. The minimum absolute atomic E-state index is 0. The van der Waals surface area contributed by atoms with Crippen LogP contribution in [0, 0.1) is 14.9 Å². The molecule has 260 valence electrons. The molecule has 0 saturated heterocycles. The van der Waals surface area contributed by atoms with Gasteiger partial charge in [-0.05, 0) is 118 Å². The molecule has 3 heteroatoms. The molecule has 1 aliphatic heterocycles. The fourth-order valence-electron chi connectivity index (χ4n) is 6.66. The standard InChI is InChI=1S/C41H62N2.2CH3.Ni/c1-7-12-17-19-23-35-27-36(24-20-18-13-8-2)31-38(30-35)41-39(25-16-11-5)32(6)40(43(41)42)37-28-33(21-14-9-3)26-34(29-37)22-15-10-4;;;/h26-31H,7-25H2,1-6H3;2*1H3;/q;2*-1;+2. The van der Waals surface area contributed by atoms with Gasteiger partial charge in [0.25, 0.3) is 0 Å². The molecule has 1 aliphatic rings. The van der Waals surface area contributed by atoms with Crippen LogP contribution in [0.25, 0.3) is 16.9 Å². The van der Waals surface area contributed by atoms with Crippen LogP contribution < -0.4 is 0 Å². The van der Waals surface area contributed by atoms with Crippen LogP contribution >= 0.6 is 0 Å². The van der Waals surface area contributed by atoms with Gasteiger partial charge in [0.05, 0.1) is 0 Å². The Morgan fingerprint density at radius 2 is 0.804 bits per heavy atom. The smallest absolute Gasteiger partial charge is 0.493 e. The molecule has 0 N–H and O–H groups in total. The second-order valence-electron chi connectivity index (χ2n) is 13.1. The Morgan fingerprint density at radius 3 is 1.20 bits per heavy atom. The van der Waals surface area contributed by atoms with Crippen LogP contribution in [-0.2, 0) is 42.2 Å². The predicted molar refractivity (Wildman–Crippen MR) is 201 cm³/mol. The van der Waals surface area contributed by atoms with Crippen molar-refractivity contribution in [3.63, 3.8) is 0 Å². The van der Waals surface area contributed by atoms with E-state index in [1.165, 1.54) is 122 Å². The molecule has 1 heterocycles. The third kappa shape index (κ3) is 12.9. The molecular weight excluding hydrogens is 603 g/mol. The molecule has 2 nitrogen and oxygen atoms in total. The van der Waals surface area contributed by atoms with E-state index in [1.54, 1.807) is 4.70 Å². The number of aryl methyl sites for hydroxylation is 4. The first-order valence-electron chi connectivity index (χ1n) is 18.2. The largest absolute Gasteiger partial charge is 2.00 e. The van der Waals surface area contributed by atoms with Gasteiger partial charge in [0.1, 0.15) is 0 Å². The second-order valence-corrected chi connectivity index (χ2v) is 13.1. The van der Waals surface area contributed by atoms with Crippen molar-refractivity contribution in [2.75, 3.05) is 0 Å². The van der Waals surface area contributed by atoms with Crippen molar-refractivity contribution in [2.24, 2.45) is 0 Å². The van der Waals surface area contributed by atoms with E-state index in [0.29, 0.717) is 0 Å². The van der Waals surface area contributed by atoms with Crippen molar-refractivity contribution in [2.45, 2.75) is 164 Å². The van der Waals surface area contributed by atoms with Crippen LogP contribution in [0.2, 0.25) is 0 Å². The monoisotopic (exact) mass is 670 g/mol. The number of allylic oxidation sites excluding steroid dienone is 2. The average Bonchev–Trinajstić information content (AvgIpc) is 3.26. The maximum absolute atomic E-state index is 12.1. The van der Waals surface area contributed by atoms with Gasteiger partial charge in [-0.15, -0.1) is 0 Å². The van der Waals surface area contributed by atoms with E-state index in [1.807, 2.05) is 0 Å². The van der Waals surface area contributed by atoms with Gasteiger partial charge in [0.2, 0.25) is 11.4 Å². The molecule has 0 amide bonds. The molecule has 0 spiro atoms. The quantitative estimate of drug-likeness (QED) is 0.0546. The van der Waals surface area contributed by atoms with Crippen molar-refractivity contribution in [3.8, 4) is 0 Å². The van der Waals surface area contributed by atoms with E-state index in [9.17, 15) is 5.53 Å². The normalized spacial score (nSPS) is 12.7. The molecule has 0 fully saturated rings. The fourth-order valence-corrected chi connectivity index (χ4v) is 6.66. The molecule has 0 unspecified atom stereocenters. The summed E-state index contributed by atoms with van der Waals surface area (Å²) >= 11 is 0. The number of hydrogen-bond donors (Lipinski definition) is 0. The van der Waals surface area contributed by atoms with E-state index in [4.69, 9.17) is 0 Å². The number of hydrogen-bond acceptors (Lipinski definition) is 0. The molecule has 2 aromatic rings. The first-order chi connectivity index (χ1) is 21.0. The summed E-state index contributed by atoms with van der Waals surface area (Å²) in [6.07, 6.45) is 22.8. The summed E-state index contributed by atoms with van der Waals surface area (Å²) in [6, 6.07) is 14.4. The molecule has 2 aromatic carbocycles. The Hall–Kier alpha value is -1.99. The molecular formula is C43H68N2Ni. The van der Waals surface area contributed by atoms with Crippen LogP contribution in [0.3, 0.4) is 0 Å². The molecule has 0 radical (unpaired) electrons. The molecule has 3 rings (SSSR count). The van der Waals surface area contributed by atoms with Crippen molar-refractivity contribution >= 4 is 11.4 Å². The first-order valence-corrected chi connectivity index (χ1v) is 18.2. The second kappa shape index (κ2) is 24.2. The Kier molecular flexibility index (Phi) is 23.2. The van der Waals surface area contributed by atoms with Gasteiger partial charge >= 0.3 is 16.5 Å². The molecule has 0 atom stereocenters. The fraction of sp³-hybridized carbons (Fsp3) is 0.581. The van der Waals surface area contributed by atoms with Crippen LogP contribution in [-0.4, -0.2) is 4.70 Å². The molecule has 0 saturated carbocycles. The minimum atomic E-state index is 0. The van der Waals surface area contributed by atoms with Gasteiger partial charge in [-0.1, -0.05) is 105 Å². The number of unbranched alkanes of at least 4 members (excludes halogenated alkanes) is 9. The van der Waals surface area contributed by atoms with Crippen molar-refractivity contribution in [3.05, 3.63) is 101 Å². The van der Waals surface area contributed by atoms with Crippen molar-refractivity contribution < 1.29 is 21.2 Å². The van der Waals surface area contributed by atoms with Gasteiger partial charge in [0, 0.05) is 22.3 Å². The first kappa shape index (κ1) is 44.0. The van der Waals surface area contributed by atoms with Crippen molar-refractivity contribution in [1.82, 2.24) is 0 Å². The van der Waals surface area contributed by atoms with E-state index in [2.05, 4.69) is 77.9 Å². The van der Waals surface area contributed by atoms with Gasteiger partial charge in [-0.2, -0.15) is 0 Å². The number of rotatable bonds is 21. The summed E-state index contributed by atoms with van der Waals surface area (Å²) in [6.45, 7) is 13.6. The zero-order valence-electron chi connectivity index (χ0n) is 31.1. The van der Waals surface area contributed by atoms with Crippen LogP contribution in [0.4, 0.5) is 0 Å². The Morgan fingerprint density at radius 1 is 0.457 bits per heavy atom. The zero-order valence-corrected chi connectivity index (χ0v) is 32.1. The summed E-state index contributed by atoms with van der Waals surface area (Å²) in [5.74, 6) is 0. The van der Waals surface area contributed by atoms with Gasteiger partial charge in [-0.25, -0.2) is 4.70 Å². The number of nitrogens with zero attached hydrogens (tertiary/aromatic N) is 2. The topological polar surface area (TPSA) is 25.3 Å². The summed E-state index contributed by atoms with van der Waals surface area (Å²) in [5.41, 5.74) is 24.8. The summed E-state index contributed by atoms with van der Waals surface area (Å²) in [7, 11) is 0. The van der Waals surface area contributed by atoms with Crippen LogP contribution in [0.1, 0.15) is 171 Å². The molecule has 46 heavy (non-hydrogen) atoms. The SMILES string of the molecule is CCCCCCc1cc(CCCCCC)cc(C2=C(CCCC)C(C)=C(c3cc(CCCC)cc(CCCC)c3)[N+]2=[N-])c1.[CH3-].[CH3-].[Ni+2]. The molecule has 0 bridgehead atoms. The van der Waals surface area contributed by atoms with E-state index < -0.39 is 0 Å². The van der Waals surface area contributed by atoms with E-state index in [-0.39, 0.29) is 31.3 Å². The predicted octanol–water partition coefficient (Wildman–Crippen LogP) is 13.9. The van der Waals surface area contributed by atoms with E-state index in [0.717, 1.165) is 56.3 Å². The van der Waals surface area contributed by atoms with Crippen LogP contribution in [0.15, 0.2) is 47.5 Å². The maximum atomic E-state index is 12.1. The van der Waals surface area contributed by atoms with E-state index >= 15 is 0 Å². The molecule has 0 aromatic heterocycles. The van der Waals surface area contributed by atoms with Crippen LogP contribution in [0.5, 0.6) is 0 Å². The summed E-state index contributed by atoms with van der Waals surface area (Å²) < 4.78 is 1.58. The third-order valence-electron chi connectivity index (χ3n) is 9.23. The minimum Gasteiger partial charge on any atom is -0.493 e. The summed E-state index contributed by atoms with van der Waals surface area (Å²) in [4.78, 5) is 0.